The summed E-state index contributed by atoms with van der Waals surface area (Å²) in [7, 11) is 0. The van der Waals surface area contributed by atoms with E-state index in [1.165, 1.54) is 11.3 Å². The van der Waals surface area contributed by atoms with Gasteiger partial charge in [-0.2, -0.15) is 0 Å². The van der Waals surface area contributed by atoms with Gasteiger partial charge in [-0.25, -0.2) is 9.78 Å². The van der Waals surface area contributed by atoms with Crippen molar-refractivity contribution in [3.05, 3.63) is 28.9 Å². The summed E-state index contributed by atoms with van der Waals surface area (Å²) in [4.78, 5) is 19.8. The summed E-state index contributed by atoms with van der Waals surface area (Å²) < 4.78 is 4.93. The fourth-order valence-corrected chi connectivity index (χ4v) is 2.25. The van der Waals surface area contributed by atoms with E-state index in [1.807, 2.05) is 25.3 Å². The largest absolute Gasteiger partial charge is 0.461 e. The molecule has 0 aliphatic rings. The molecule has 0 radical (unpaired) electrons. The Kier molecular flexibility index (Phi) is 3.05. The first-order valence-electron chi connectivity index (χ1n) is 5.00. The summed E-state index contributed by atoms with van der Waals surface area (Å²) in [5.74, 6) is -0.353. The first-order chi connectivity index (χ1) is 7.72. The van der Waals surface area contributed by atoms with Crippen molar-refractivity contribution in [3.63, 3.8) is 0 Å². The van der Waals surface area contributed by atoms with Crippen LogP contribution in [0.25, 0.3) is 10.7 Å². The molecule has 1 N–H and O–H groups in total. The number of carbonyl (C=O) groups excluding carboxylic acids is 1. The lowest BCUT2D eigenvalue weighted by Gasteiger charge is -1.97. The van der Waals surface area contributed by atoms with Crippen molar-refractivity contribution in [2.24, 2.45) is 0 Å². The van der Waals surface area contributed by atoms with Gasteiger partial charge in [0.05, 0.1) is 12.3 Å². The van der Waals surface area contributed by atoms with Gasteiger partial charge < -0.3 is 9.72 Å². The van der Waals surface area contributed by atoms with Crippen molar-refractivity contribution in [2.75, 3.05) is 6.61 Å². The van der Waals surface area contributed by atoms with Crippen LogP contribution in [0.3, 0.4) is 0 Å². The molecule has 84 valence electrons. The molecular formula is C11H12N2O2S. The number of ether oxygens (including phenoxy) is 1. The predicted octanol–water partition coefficient (Wildman–Crippen LogP) is 2.62. The molecule has 0 aromatic carbocycles. The lowest BCUT2D eigenvalue weighted by atomic mass is 10.4. The number of nitrogens with zero attached hydrogens (tertiary/aromatic N) is 1. The fourth-order valence-electron chi connectivity index (χ4n) is 1.36. The molecule has 5 heteroatoms. The van der Waals surface area contributed by atoms with E-state index in [2.05, 4.69) is 9.97 Å². The Morgan fingerprint density at radius 2 is 2.44 bits per heavy atom. The Morgan fingerprint density at radius 1 is 1.62 bits per heavy atom. The lowest BCUT2D eigenvalue weighted by molar-refractivity contribution is 0.0519. The monoisotopic (exact) mass is 236 g/mol. The highest BCUT2D eigenvalue weighted by atomic mass is 32.1. The van der Waals surface area contributed by atoms with Crippen LogP contribution in [-0.4, -0.2) is 22.5 Å². The molecule has 2 rings (SSSR count). The minimum atomic E-state index is -0.353. The van der Waals surface area contributed by atoms with E-state index in [0.717, 1.165) is 15.6 Å². The lowest BCUT2D eigenvalue weighted by Crippen LogP contribution is -2.06. The number of aromatic nitrogens is 2. The average Bonchev–Trinajstić information content (AvgIpc) is 2.86. The molecule has 2 aromatic rings. The van der Waals surface area contributed by atoms with E-state index in [9.17, 15) is 4.79 Å². The number of esters is 1. The Labute approximate surface area is 97.3 Å². The number of hydrogen-bond acceptors (Lipinski definition) is 4. The zero-order chi connectivity index (χ0) is 11.5. The number of nitrogens with one attached hydrogen (secondary N) is 1. The molecule has 2 heterocycles. The van der Waals surface area contributed by atoms with Gasteiger partial charge >= 0.3 is 5.97 Å². The van der Waals surface area contributed by atoms with Crippen LogP contribution in [-0.2, 0) is 4.74 Å². The van der Waals surface area contributed by atoms with Gasteiger partial charge in [0.2, 0.25) is 0 Å². The third kappa shape index (κ3) is 1.99. The van der Waals surface area contributed by atoms with E-state index in [-0.39, 0.29) is 5.97 Å². The molecule has 0 saturated carbocycles. The van der Waals surface area contributed by atoms with Crippen LogP contribution in [0.1, 0.15) is 22.3 Å². The zero-order valence-corrected chi connectivity index (χ0v) is 9.93. The summed E-state index contributed by atoms with van der Waals surface area (Å²) in [5, 5.41) is 0.811. The quantitative estimate of drug-likeness (QED) is 0.833. The maximum Gasteiger partial charge on any atom is 0.358 e. The molecule has 0 saturated heterocycles. The summed E-state index contributed by atoms with van der Waals surface area (Å²) in [6.07, 6.45) is 1.83. The minimum Gasteiger partial charge on any atom is -0.461 e. The smallest absolute Gasteiger partial charge is 0.358 e. The van der Waals surface area contributed by atoms with Crippen molar-refractivity contribution in [1.29, 1.82) is 0 Å². The van der Waals surface area contributed by atoms with Gasteiger partial charge in [-0.1, -0.05) is 0 Å². The number of carbonyl (C=O) groups is 1. The average molecular weight is 236 g/mol. The molecule has 0 unspecified atom stereocenters. The second-order valence-corrected chi connectivity index (χ2v) is 4.43. The highest BCUT2D eigenvalue weighted by molar-refractivity contribution is 7.15. The number of hydrogen-bond donors (Lipinski definition) is 1. The normalized spacial score (nSPS) is 10.4. The molecule has 0 atom stereocenters. The number of aryl methyl sites for hydroxylation is 1. The van der Waals surface area contributed by atoms with Crippen LogP contribution in [0.5, 0.6) is 0 Å². The Balaban J connectivity index is 2.32. The second-order valence-electron chi connectivity index (χ2n) is 3.23. The van der Waals surface area contributed by atoms with E-state index in [1.54, 1.807) is 6.92 Å². The highest BCUT2D eigenvalue weighted by Gasteiger charge is 2.17. The molecule has 16 heavy (non-hydrogen) atoms. The van der Waals surface area contributed by atoms with Crippen molar-refractivity contribution < 1.29 is 9.53 Å². The zero-order valence-electron chi connectivity index (χ0n) is 9.11. The van der Waals surface area contributed by atoms with E-state index in [4.69, 9.17) is 4.74 Å². The van der Waals surface area contributed by atoms with Crippen LogP contribution in [0.15, 0.2) is 18.3 Å². The van der Waals surface area contributed by atoms with Crippen molar-refractivity contribution in [2.45, 2.75) is 13.8 Å². The maximum absolute atomic E-state index is 11.6. The first-order valence-corrected chi connectivity index (χ1v) is 5.82. The third-order valence-electron chi connectivity index (χ3n) is 2.09. The first kappa shape index (κ1) is 10.9. The van der Waals surface area contributed by atoms with Gasteiger partial charge in [-0.3, -0.25) is 0 Å². The number of H-pyrrole nitrogens is 1. The van der Waals surface area contributed by atoms with Crippen LogP contribution < -0.4 is 0 Å². The highest BCUT2D eigenvalue weighted by Crippen LogP contribution is 2.26. The summed E-state index contributed by atoms with van der Waals surface area (Å²) >= 11 is 1.48. The molecule has 0 aliphatic carbocycles. The number of rotatable bonds is 3. The summed E-state index contributed by atoms with van der Waals surface area (Å²) in [6, 6.07) is 3.82. The van der Waals surface area contributed by atoms with Gasteiger partial charge in [0, 0.05) is 11.1 Å². The van der Waals surface area contributed by atoms with Crippen LogP contribution in [0, 0.1) is 6.92 Å². The van der Waals surface area contributed by atoms with E-state index >= 15 is 0 Å². The SMILES string of the molecule is CCOC(=O)c1nc(-c2ccc[nH]2)sc1C. The molecule has 0 spiro atoms. The Morgan fingerprint density at radius 3 is 3.06 bits per heavy atom. The maximum atomic E-state index is 11.6. The molecular weight excluding hydrogens is 224 g/mol. The Bertz CT molecular complexity index is 488. The molecule has 0 bridgehead atoms. The third-order valence-corrected chi connectivity index (χ3v) is 3.10. The summed E-state index contributed by atoms with van der Waals surface area (Å²) in [5.41, 5.74) is 1.33. The standard InChI is InChI=1S/C11H12N2O2S/c1-3-15-11(14)9-7(2)16-10(13-9)8-5-4-6-12-8/h4-6,12H,3H2,1-2H3. The fraction of sp³-hybridized carbons (Fsp3) is 0.273. The summed E-state index contributed by atoms with van der Waals surface area (Å²) in [6.45, 7) is 4.02. The second kappa shape index (κ2) is 4.49. The molecule has 4 nitrogen and oxygen atoms in total. The van der Waals surface area contributed by atoms with Crippen molar-refractivity contribution in [3.8, 4) is 10.7 Å². The minimum absolute atomic E-state index is 0.353. The molecule has 0 fully saturated rings. The Hall–Kier alpha value is -1.62. The van der Waals surface area contributed by atoms with Gasteiger partial charge in [0.25, 0.3) is 0 Å². The predicted molar refractivity (Wildman–Crippen MR) is 62.6 cm³/mol. The molecule has 2 aromatic heterocycles. The van der Waals surface area contributed by atoms with Gasteiger partial charge in [-0.15, -0.1) is 11.3 Å². The number of aromatic amines is 1. The molecule has 0 amide bonds. The van der Waals surface area contributed by atoms with E-state index in [0.29, 0.717) is 12.3 Å². The van der Waals surface area contributed by atoms with Gasteiger partial charge in [-0.05, 0) is 26.0 Å². The van der Waals surface area contributed by atoms with Crippen LogP contribution in [0.2, 0.25) is 0 Å². The number of thiazole rings is 1. The van der Waals surface area contributed by atoms with Crippen molar-refractivity contribution in [1.82, 2.24) is 9.97 Å². The molecule has 0 aliphatic heterocycles. The van der Waals surface area contributed by atoms with Crippen LogP contribution >= 0.6 is 11.3 Å². The topological polar surface area (TPSA) is 55.0 Å². The van der Waals surface area contributed by atoms with Gasteiger partial charge in [0.1, 0.15) is 5.01 Å². The van der Waals surface area contributed by atoms with Gasteiger partial charge in [0.15, 0.2) is 5.69 Å². The van der Waals surface area contributed by atoms with Crippen LogP contribution in [0.4, 0.5) is 0 Å². The van der Waals surface area contributed by atoms with E-state index < -0.39 is 0 Å². The van der Waals surface area contributed by atoms with Crippen molar-refractivity contribution >= 4 is 17.3 Å².